The number of H-pyrrole nitrogens is 1. The van der Waals surface area contributed by atoms with Crippen LogP contribution in [0.2, 0.25) is 0 Å². The number of carbonyl (C=O) groups excluding carboxylic acids is 9. The van der Waals surface area contributed by atoms with Gasteiger partial charge in [0.05, 0.1) is 19.1 Å². The van der Waals surface area contributed by atoms with Gasteiger partial charge in [-0.3, -0.25) is 43.2 Å². The quantitative estimate of drug-likeness (QED) is 0.0268. The number of hydrogen-bond donors (Lipinski definition) is 15. The Morgan fingerprint density at radius 3 is 1.64 bits per heavy atom. The molecule has 0 aliphatic heterocycles. The molecule has 9 amide bonds. The molecule has 15 N–H and O–H groups in total. The third-order valence-electron chi connectivity index (χ3n) is 11.5. The van der Waals surface area contributed by atoms with E-state index in [2.05, 4.69) is 72.8 Å². The number of amides is 9. The maximum absolute atomic E-state index is 14.4. The van der Waals surface area contributed by atoms with Gasteiger partial charge < -0.3 is 69.2 Å². The Balaban J connectivity index is 1.54. The van der Waals surface area contributed by atoms with E-state index in [1.165, 1.54) is 12.1 Å². The zero-order valence-electron chi connectivity index (χ0n) is 41.3. The molecule has 23 nitrogen and oxygen atoms in total. The zero-order valence-corrected chi connectivity index (χ0v) is 43.1. The van der Waals surface area contributed by atoms with Crippen molar-refractivity contribution in [1.82, 2.24) is 47.5 Å². The third kappa shape index (κ3) is 20.0. The van der Waals surface area contributed by atoms with Crippen LogP contribution in [0.15, 0.2) is 85.1 Å². The summed E-state index contributed by atoms with van der Waals surface area (Å²) in [6.45, 7) is 2.22. The van der Waals surface area contributed by atoms with Gasteiger partial charge in [0.2, 0.25) is 53.2 Å². The van der Waals surface area contributed by atoms with Gasteiger partial charge in [-0.2, -0.15) is 25.3 Å². The van der Waals surface area contributed by atoms with Crippen molar-refractivity contribution in [2.75, 3.05) is 24.6 Å². The van der Waals surface area contributed by atoms with E-state index in [4.69, 9.17) is 11.5 Å². The predicted octanol–water partition coefficient (Wildman–Crippen LogP) is -1.37. The Morgan fingerprint density at radius 2 is 1.07 bits per heavy atom. The van der Waals surface area contributed by atoms with Gasteiger partial charge in [-0.15, -0.1) is 0 Å². The molecule has 0 aliphatic carbocycles. The van der Waals surface area contributed by atoms with Gasteiger partial charge in [0.25, 0.3) is 0 Å². The first-order chi connectivity index (χ1) is 35.7. The topological polar surface area (TPSA) is 375 Å². The van der Waals surface area contributed by atoms with E-state index < -0.39 is 115 Å². The number of para-hydroxylation sites is 1. The van der Waals surface area contributed by atoms with E-state index in [0.29, 0.717) is 16.7 Å². The van der Waals surface area contributed by atoms with Gasteiger partial charge in [0, 0.05) is 54.3 Å². The van der Waals surface area contributed by atoms with Crippen LogP contribution in [0.3, 0.4) is 0 Å². The first-order valence-electron chi connectivity index (χ1n) is 23.9. The number of primary amides is 1. The van der Waals surface area contributed by atoms with Crippen LogP contribution >= 0.6 is 25.3 Å². The fraction of sp³-hybridized carbons (Fsp3) is 0.400. The minimum Gasteiger partial charge on any atom is -0.508 e. The Hall–Kier alpha value is -7.64. The molecule has 0 fully saturated rings. The number of hydrogen-bond acceptors (Lipinski definition) is 14. The molecule has 0 spiro atoms. The van der Waals surface area contributed by atoms with Crippen LogP contribution in [0, 0.1) is 5.92 Å². The molecule has 0 unspecified atom stereocenters. The Bertz CT molecular complexity index is 2640. The van der Waals surface area contributed by atoms with Gasteiger partial charge in [-0.05, 0) is 53.6 Å². The molecule has 4 aromatic rings. The summed E-state index contributed by atoms with van der Waals surface area (Å²) in [6, 6.07) is 12.7. The molecule has 25 heteroatoms. The average Bonchev–Trinajstić information content (AvgIpc) is 3.79. The second kappa shape index (κ2) is 29.9. The first-order valence-corrected chi connectivity index (χ1v) is 25.1. The molecule has 4 rings (SSSR count). The number of benzene rings is 3. The van der Waals surface area contributed by atoms with E-state index >= 15 is 0 Å². The molecular weight excluding hydrogens is 1010 g/mol. The van der Waals surface area contributed by atoms with Gasteiger partial charge >= 0.3 is 5.97 Å². The minimum atomic E-state index is -1.43. The van der Waals surface area contributed by atoms with Crippen molar-refractivity contribution < 1.29 is 58.2 Å². The van der Waals surface area contributed by atoms with Crippen LogP contribution in [0.1, 0.15) is 49.8 Å². The highest BCUT2D eigenvalue weighted by Crippen LogP contribution is 2.20. The minimum absolute atomic E-state index is 0.0154. The van der Waals surface area contributed by atoms with Crippen molar-refractivity contribution in [2.24, 2.45) is 17.4 Å². The van der Waals surface area contributed by atoms with E-state index in [1.54, 1.807) is 80.7 Å². The van der Waals surface area contributed by atoms with Gasteiger partial charge in [0.15, 0.2) is 0 Å². The number of nitrogens with two attached hydrogens (primary N) is 2. The van der Waals surface area contributed by atoms with Crippen LogP contribution in [0.25, 0.3) is 10.9 Å². The largest absolute Gasteiger partial charge is 0.508 e. The maximum atomic E-state index is 14.4. The number of phenolic OH excluding ortho intramolecular Hbond substituents is 1. The molecule has 75 heavy (non-hydrogen) atoms. The summed E-state index contributed by atoms with van der Waals surface area (Å²) in [4.78, 5) is 135. The highest BCUT2D eigenvalue weighted by atomic mass is 32.1. The molecule has 0 aliphatic rings. The van der Waals surface area contributed by atoms with Crippen molar-refractivity contribution in [3.63, 3.8) is 0 Å². The number of thiol groups is 2. The number of aromatic amines is 1. The Kier molecular flexibility index (Phi) is 23.9. The Morgan fingerprint density at radius 1 is 0.573 bits per heavy atom. The SMILES string of the molecule is CC(C)C[C@H](NC(=O)[C@H](Cc1ccccc1)NC(=O)CNC(=O)[C@H](Cc1ccc(O)cc1)NC(=O)[C@@H](N)CS)C(=O)N[C@@H](Cc1c[nH]c2ccccc12)C(=O)NCC(=O)N[C@@H](CCC(N)=O)C(=O)N[C@@H](CS)C(=O)O. The van der Waals surface area contributed by atoms with Crippen molar-refractivity contribution >= 4 is 95.3 Å². The van der Waals surface area contributed by atoms with Crippen molar-refractivity contribution in [1.29, 1.82) is 0 Å². The molecule has 7 atom stereocenters. The maximum Gasteiger partial charge on any atom is 0.327 e. The van der Waals surface area contributed by atoms with E-state index in [-0.39, 0.29) is 61.7 Å². The van der Waals surface area contributed by atoms with Crippen LogP contribution in [-0.4, -0.2) is 141 Å². The lowest BCUT2D eigenvalue weighted by Crippen LogP contribution is -2.59. The van der Waals surface area contributed by atoms with Crippen molar-refractivity contribution in [3.05, 3.63) is 102 Å². The van der Waals surface area contributed by atoms with E-state index in [9.17, 15) is 58.2 Å². The summed E-state index contributed by atoms with van der Waals surface area (Å²) in [5, 5.41) is 40.1. The summed E-state index contributed by atoms with van der Waals surface area (Å²) >= 11 is 7.98. The van der Waals surface area contributed by atoms with Gasteiger partial charge in [-0.25, -0.2) is 4.79 Å². The normalized spacial score (nSPS) is 13.8. The first kappa shape index (κ1) is 59.9. The van der Waals surface area contributed by atoms with Crippen LogP contribution in [0.5, 0.6) is 5.75 Å². The summed E-state index contributed by atoms with van der Waals surface area (Å²) in [5.41, 5.74) is 13.6. The summed E-state index contributed by atoms with van der Waals surface area (Å²) < 4.78 is 0. The molecule has 0 saturated carbocycles. The molecule has 0 radical (unpaired) electrons. The standard InChI is InChI=1S/C50H65N11O12S2/c1-27(2)18-36(59-49(71)38(19-28-8-4-3-5-9-28)57-43(65)24-54-45(67)37(58-44(66)33(51)25-74)20-29-12-14-31(62)15-13-29)48(70)60-39(21-30-22-53-34-11-7-6-10-32(30)34)46(68)55-23-42(64)56-35(16-17-41(52)63)47(69)61-40(26-75)50(72)73/h3-15,22,27,33,35-40,53,62,74-75H,16-21,23-26,51H2,1-2H3,(H2,52,63)(H,54,67)(H,55,68)(H,56,64)(H,57,65)(H,58,66)(H,59,71)(H,60,70)(H,61,69)(H,72,73)/t33-,35-,36-,37-,38-,39-,40-/m0/s1. The molecule has 3 aromatic carbocycles. The predicted molar refractivity (Wildman–Crippen MR) is 283 cm³/mol. The highest BCUT2D eigenvalue weighted by Gasteiger charge is 2.33. The fourth-order valence-electron chi connectivity index (χ4n) is 7.56. The summed E-state index contributed by atoms with van der Waals surface area (Å²) in [5.74, 6) is -9.21. The van der Waals surface area contributed by atoms with Crippen LogP contribution in [-0.2, 0) is 67.2 Å². The lowest BCUT2D eigenvalue weighted by atomic mass is 9.99. The second-order valence-corrected chi connectivity index (χ2v) is 18.7. The van der Waals surface area contributed by atoms with Gasteiger partial charge in [-0.1, -0.05) is 74.5 Å². The third-order valence-corrected chi connectivity index (χ3v) is 12.3. The number of nitrogens with one attached hydrogen (secondary N) is 9. The smallest absolute Gasteiger partial charge is 0.327 e. The fourth-order valence-corrected chi connectivity index (χ4v) is 7.97. The van der Waals surface area contributed by atoms with E-state index in [0.717, 1.165) is 10.9 Å². The van der Waals surface area contributed by atoms with Crippen molar-refractivity contribution in [2.45, 2.75) is 94.7 Å². The van der Waals surface area contributed by atoms with Crippen LogP contribution in [0.4, 0.5) is 0 Å². The lowest BCUT2D eigenvalue weighted by Gasteiger charge is -2.26. The number of carbonyl (C=O) groups is 10. The van der Waals surface area contributed by atoms with Crippen LogP contribution < -0.4 is 54.0 Å². The monoisotopic (exact) mass is 1080 g/mol. The number of carboxylic acid groups (broad SMARTS) is 1. The number of aliphatic carboxylic acids is 1. The number of rotatable bonds is 30. The summed E-state index contributed by atoms with van der Waals surface area (Å²) in [7, 11) is 0. The molecule has 0 saturated heterocycles. The second-order valence-electron chi connectivity index (χ2n) is 18.0. The summed E-state index contributed by atoms with van der Waals surface area (Å²) in [6.07, 6.45) is 0.844. The number of carboxylic acids is 1. The molecule has 1 heterocycles. The molecule has 0 bridgehead atoms. The number of fused-ring (bicyclic) bond motifs is 1. The lowest BCUT2D eigenvalue weighted by molar-refractivity contribution is -0.141. The molecular formula is C50H65N11O12S2. The van der Waals surface area contributed by atoms with E-state index in [1.807, 2.05) is 6.07 Å². The van der Waals surface area contributed by atoms with Gasteiger partial charge in [0.1, 0.15) is 42.0 Å². The Labute approximate surface area is 443 Å². The highest BCUT2D eigenvalue weighted by molar-refractivity contribution is 7.80. The zero-order chi connectivity index (χ0) is 55.2. The van der Waals surface area contributed by atoms with Crippen molar-refractivity contribution in [3.8, 4) is 5.75 Å². The molecule has 404 valence electrons. The number of aromatic nitrogens is 1. The average molecular weight is 1080 g/mol. The number of aromatic hydroxyl groups is 1. The molecule has 1 aromatic heterocycles. The number of phenols is 1.